The first kappa shape index (κ1) is 17.0. The van der Waals surface area contributed by atoms with E-state index in [2.05, 4.69) is 0 Å². The van der Waals surface area contributed by atoms with Gasteiger partial charge in [0.15, 0.2) is 5.60 Å². The zero-order valence-corrected chi connectivity index (χ0v) is 13.7. The molecule has 0 saturated heterocycles. The van der Waals surface area contributed by atoms with Crippen LogP contribution in [0.15, 0.2) is 42.5 Å². The summed E-state index contributed by atoms with van der Waals surface area (Å²) < 4.78 is 5.91. The van der Waals surface area contributed by atoms with Gasteiger partial charge in [-0.1, -0.05) is 42.5 Å². The molecular formula is C19H22O4. The van der Waals surface area contributed by atoms with E-state index in [0.29, 0.717) is 6.61 Å². The van der Waals surface area contributed by atoms with Gasteiger partial charge >= 0.3 is 5.97 Å². The monoisotopic (exact) mass is 314 g/mol. The third-order valence-corrected chi connectivity index (χ3v) is 3.76. The predicted octanol–water partition coefficient (Wildman–Crippen LogP) is 3.26. The highest BCUT2D eigenvalue weighted by Crippen LogP contribution is 2.27. The lowest BCUT2D eigenvalue weighted by Gasteiger charge is -2.20. The zero-order valence-electron chi connectivity index (χ0n) is 13.7. The van der Waals surface area contributed by atoms with Crippen LogP contribution in [0.2, 0.25) is 0 Å². The Morgan fingerprint density at radius 3 is 2.17 bits per heavy atom. The Kier molecular flexibility index (Phi) is 5.06. The van der Waals surface area contributed by atoms with Gasteiger partial charge in [0.05, 0.1) is 0 Å². The van der Waals surface area contributed by atoms with Crippen molar-refractivity contribution in [3.05, 3.63) is 64.7 Å². The minimum absolute atomic E-state index is 0.0585. The van der Waals surface area contributed by atoms with Gasteiger partial charge in [-0.3, -0.25) is 0 Å². The molecule has 0 saturated carbocycles. The zero-order chi connectivity index (χ0) is 17.0. The topological polar surface area (TPSA) is 66.8 Å². The Morgan fingerprint density at radius 2 is 1.65 bits per heavy atom. The Bertz CT molecular complexity index is 667. The molecule has 0 aliphatic carbocycles. The van der Waals surface area contributed by atoms with E-state index in [1.807, 2.05) is 56.3 Å². The average Bonchev–Trinajstić information content (AvgIpc) is 2.46. The fourth-order valence-corrected chi connectivity index (χ4v) is 2.57. The molecule has 0 aliphatic rings. The Labute approximate surface area is 136 Å². The van der Waals surface area contributed by atoms with Crippen molar-refractivity contribution in [2.75, 3.05) is 0 Å². The van der Waals surface area contributed by atoms with Crippen molar-refractivity contribution in [3.63, 3.8) is 0 Å². The number of carboxylic acids is 1. The van der Waals surface area contributed by atoms with Crippen LogP contribution < -0.4 is 4.74 Å². The Morgan fingerprint density at radius 1 is 1.09 bits per heavy atom. The van der Waals surface area contributed by atoms with Gasteiger partial charge in [0.2, 0.25) is 0 Å². The number of rotatable bonds is 6. The van der Waals surface area contributed by atoms with E-state index in [0.717, 1.165) is 28.0 Å². The fraction of sp³-hybridized carbons (Fsp3) is 0.316. The first-order valence-corrected chi connectivity index (χ1v) is 7.52. The summed E-state index contributed by atoms with van der Waals surface area (Å²) in [4.78, 5) is 11.0. The number of aliphatic hydroxyl groups is 1. The highest BCUT2D eigenvalue weighted by atomic mass is 16.5. The highest BCUT2D eigenvalue weighted by Gasteiger charge is 2.30. The summed E-state index contributed by atoms with van der Waals surface area (Å²) in [5, 5.41) is 18.9. The molecule has 0 aliphatic heterocycles. The largest absolute Gasteiger partial charge is 0.488 e. The minimum Gasteiger partial charge on any atom is -0.488 e. The first-order valence-electron chi connectivity index (χ1n) is 7.52. The Hall–Kier alpha value is -2.33. The van der Waals surface area contributed by atoms with Crippen molar-refractivity contribution in [2.24, 2.45) is 0 Å². The second-order valence-electron chi connectivity index (χ2n) is 6.09. The fourth-order valence-electron chi connectivity index (χ4n) is 2.57. The maximum Gasteiger partial charge on any atom is 0.335 e. The van der Waals surface area contributed by atoms with Gasteiger partial charge in [-0.2, -0.15) is 0 Å². The van der Waals surface area contributed by atoms with Crippen LogP contribution in [0.3, 0.4) is 0 Å². The summed E-state index contributed by atoms with van der Waals surface area (Å²) >= 11 is 0. The first-order chi connectivity index (χ1) is 10.8. The van der Waals surface area contributed by atoms with Crippen molar-refractivity contribution in [1.29, 1.82) is 0 Å². The second-order valence-corrected chi connectivity index (χ2v) is 6.09. The van der Waals surface area contributed by atoms with Crippen molar-refractivity contribution >= 4 is 5.97 Å². The molecule has 2 aromatic rings. The van der Waals surface area contributed by atoms with Gasteiger partial charge in [0, 0.05) is 6.42 Å². The van der Waals surface area contributed by atoms with E-state index in [1.54, 1.807) is 0 Å². The molecule has 23 heavy (non-hydrogen) atoms. The summed E-state index contributed by atoms with van der Waals surface area (Å²) in [6.45, 7) is 5.63. The number of carbonyl (C=O) groups is 1. The summed E-state index contributed by atoms with van der Waals surface area (Å²) in [5.74, 6) is -0.426. The second kappa shape index (κ2) is 6.84. The highest BCUT2D eigenvalue weighted by molar-refractivity contribution is 5.77. The molecule has 1 atom stereocenters. The summed E-state index contributed by atoms with van der Waals surface area (Å²) in [6.07, 6.45) is 0.0585. The number of hydrogen-bond donors (Lipinski definition) is 2. The van der Waals surface area contributed by atoms with Crippen LogP contribution in [-0.4, -0.2) is 21.8 Å². The number of carboxylic acid groups (broad SMARTS) is 1. The van der Waals surface area contributed by atoms with Crippen LogP contribution in [-0.2, 0) is 17.8 Å². The molecule has 122 valence electrons. The number of aliphatic carboxylic acids is 1. The van der Waals surface area contributed by atoms with Gasteiger partial charge in [0.1, 0.15) is 12.4 Å². The van der Waals surface area contributed by atoms with Gasteiger partial charge < -0.3 is 14.9 Å². The van der Waals surface area contributed by atoms with Crippen molar-refractivity contribution in [3.8, 4) is 5.75 Å². The van der Waals surface area contributed by atoms with Gasteiger partial charge in [-0.15, -0.1) is 0 Å². The van der Waals surface area contributed by atoms with E-state index in [-0.39, 0.29) is 6.42 Å². The van der Waals surface area contributed by atoms with E-state index in [1.165, 1.54) is 6.92 Å². The van der Waals surface area contributed by atoms with Crippen molar-refractivity contribution < 1.29 is 19.7 Å². The third kappa shape index (κ3) is 4.33. The summed E-state index contributed by atoms with van der Waals surface area (Å²) in [6, 6.07) is 13.6. The van der Waals surface area contributed by atoms with Gasteiger partial charge in [-0.25, -0.2) is 4.79 Å². The van der Waals surface area contributed by atoms with E-state index < -0.39 is 11.6 Å². The number of ether oxygens (including phenoxy) is 1. The predicted molar refractivity (Wildman–Crippen MR) is 88.7 cm³/mol. The maximum absolute atomic E-state index is 11.0. The van der Waals surface area contributed by atoms with Crippen molar-refractivity contribution in [2.45, 2.75) is 39.4 Å². The summed E-state index contributed by atoms with van der Waals surface area (Å²) in [7, 11) is 0. The standard InChI is InChI=1S/C19H22O4/c1-13-9-16(11-19(3,22)18(20)21)10-14(2)17(13)23-12-15-7-5-4-6-8-15/h4-10,22H,11-12H2,1-3H3,(H,20,21)/t19-/m1/s1. The molecule has 4 heteroatoms. The van der Waals surface area contributed by atoms with E-state index in [9.17, 15) is 9.90 Å². The maximum atomic E-state index is 11.0. The molecule has 0 spiro atoms. The van der Waals surface area contributed by atoms with Crippen LogP contribution in [0.25, 0.3) is 0 Å². The molecule has 2 aromatic carbocycles. The quantitative estimate of drug-likeness (QED) is 0.859. The van der Waals surface area contributed by atoms with Crippen LogP contribution in [0, 0.1) is 13.8 Å². The molecule has 0 unspecified atom stereocenters. The molecule has 4 nitrogen and oxygen atoms in total. The average molecular weight is 314 g/mol. The molecule has 2 N–H and O–H groups in total. The lowest BCUT2D eigenvalue weighted by molar-refractivity contribution is -0.156. The van der Waals surface area contributed by atoms with Crippen LogP contribution >= 0.6 is 0 Å². The summed E-state index contributed by atoms with van der Waals surface area (Å²) in [5.41, 5.74) is 1.95. The van der Waals surface area contributed by atoms with E-state index >= 15 is 0 Å². The number of benzene rings is 2. The molecule has 0 aromatic heterocycles. The van der Waals surface area contributed by atoms with Crippen LogP contribution in [0.1, 0.15) is 29.2 Å². The number of hydrogen-bond acceptors (Lipinski definition) is 3. The molecule has 0 bridgehead atoms. The Balaban J connectivity index is 2.16. The lowest BCUT2D eigenvalue weighted by Crippen LogP contribution is -2.37. The van der Waals surface area contributed by atoms with Crippen molar-refractivity contribution in [1.82, 2.24) is 0 Å². The molecule has 0 fully saturated rings. The normalized spacial score (nSPS) is 13.4. The molecule has 0 radical (unpaired) electrons. The van der Waals surface area contributed by atoms with Gasteiger partial charge in [-0.05, 0) is 43.0 Å². The SMILES string of the molecule is Cc1cc(C[C@@](C)(O)C(=O)O)cc(C)c1OCc1ccccc1. The molecular weight excluding hydrogens is 292 g/mol. The van der Waals surface area contributed by atoms with Gasteiger partial charge in [0.25, 0.3) is 0 Å². The molecule has 2 rings (SSSR count). The van der Waals surface area contributed by atoms with Crippen LogP contribution in [0.5, 0.6) is 5.75 Å². The number of aryl methyl sites for hydroxylation is 2. The minimum atomic E-state index is -1.77. The van der Waals surface area contributed by atoms with E-state index in [4.69, 9.17) is 9.84 Å². The third-order valence-electron chi connectivity index (χ3n) is 3.76. The molecule has 0 heterocycles. The smallest absolute Gasteiger partial charge is 0.335 e. The lowest BCUT2D eigenvalue weighted by atomic mass is 9.94. The molecule has 0 amide bonds. The van der Waals surface area contributed by atoms with Crippen LogP contribution in [0.4, 0.5) is 0 Å².